The number of hydrogen-bond acceptors (Lipinski definition) is 2. The second-order valence-corrected chi connectivity index (χ2v) is 3.75. The Kier molecular flexibility index (Phi) is 5.07. The van der Waals surface area contributed by atoms with Gasteiger partial charge in [0.05, 0.1) is 5.02 Å². The van der Waals surface area contributed by atoms with Crippen LogP contribution in [0.25, 0.3) is 0 Å². The molecule has 106 valence electrons. The minimum atomic E-state index is -4.66. The average molecular weight is 321 g/mol. The van der Waals surface area contributed by atoms with E-state index in [4.69, 9.17) is 23.4 Å². The van der Waals surface area contributed by atoms with E-state index in [1.165, 1.54) is 0 Å². The van der Waals surface area contributed by atoms with Gasteiger partial charge in [-0.25, -0.2) is 9.63 Å². The van der Waals surface area contributed by atoms with Crippen molar-refractivity contribution in [2.45, 2.75) is 12.5 Å². The van der Waals surface area contributed by atoms with Gasteiger partial charge in [-0.05, 0) is 18.2 Å². The smallest absolute Gasteiger partial charge is 0.427 e. The molecule has 0 spiro atoms. The molecule has 0 unspecified atom stereocenters. The molecule has 2 N–H and O–H groups in total. The van der Waals surface area contributed by atoms with E-state index in [1.54, 1.807) is 4.84 Å². The van der Waals surface area contributed by atoms with Gasteiger partial charge in [0.25, 0.3) is 0 Å². The largest absolute Gasteiger partial charge is 0.461 e. The number of urea groups is 1. The number of halogens is 6. The molecule has 2 amide bonds. The van der Waals surface area contributed by atoms with E-state index in [2.05, 4.69) is 10.1 Å². The zero-order valence-corrected chi connectivity index (χ0v) is 10.4. The zero-order chi connectivity index (χ0) is 14.6. The first-order valence-corrected chi connectivity index (χ1v) is 5.34. The molecule has 4 nitrogen and oxygen atoms in total. The molecule has 0 aliphatic rings. The van der Waals surface area contributed by atoms with Gasteiger partial charge in [-0.3, -0.25) is 0 Å². The zero-order valence-electron chi connectivity index (χ0n) is 8.89. The Morgan fingerprint density at radius 1 is 1.37 bits per heavy atom. The second-order valence-electron chi connectivity index (χ2n) is 3.16. The Hall–Kier alpha value is -1.41. The van der Waals surface area contributed by atoms with Crippen molar-refractivity contribution in [3.63, 3.8) is 0 Å². The maximum atomic E-state index is 12.6. The number of nitrogens with one attached hydrogen (secondary N) is 2. The van der Waals surface area contributed by atoms with E-state index in [1.807, 2.05) is 0 Å². The van der Waals surface area contributed by atoms with E-state index >= 15 is 0 Å². The van der Waals surface area contributed by atoms with Crippen LogP contribution < -0.4 is 14.9 Å². The lowest BCUT2D eigenvalue weighted by molar-refractivity contribution is -0.253. The Bertz CT molecular complexity index is 474. The number of benzene rings is 1. The fourth-order valence-corrected chi connectivity index (χ4v) is 1.27. The predicted octanol–water partition coefficient (Wildman–Crippen LogP) is 3.85. The van der Waals surface area contributed by atoms with Gasteiger partial charge in [-0.1, -0.05) is 11.6 Å². The van der Waals surface area contributed by atoms with Gasteiger partial charge in [0.1, 0.15) is 5.75 Å². The molecule has 0 radical (unpaired) electrons. The number of carbonyl (C=O) groups is 1. The molecule has 0 bridgehead atoms. The van der Waals surface area contributed by atoms with Crippen LogP contribution in [-0.4, -0.2) is 18.6 Å². The number of hydrogen-bond donors (Lipinski definition) is 2. The minimum absolute atomic E-state index is 0.107. The highest BCUT2D eigenvalue weighted by molar-refractivity contribution is 6.32. The summed E-state index contributed by atoms with van der Waals surface area (Å²) in [7, 11) is 0. The van der Waals surface area contributed by atoms with Crippen LogP contribution in [0, 0.1) is 0 Å². The molecular formula is C9H6Cl2F4N2O2. The number of rotatable bonds is 4. The van der Waals surface area contributed by atoms with Gasteiger partial charge < -0.3 is 10.1 Å². The molecule has 1 aromatic rings. The third-order valence-corrected chi connectivity index (χ3v) is 2.24. The third-order valence-electron chi connectivity index (χ3n) is 1.78. The van der Waals surface area contributed by atoms with Crippen molar-refractivity contribution in [1.82, 2.24) is 4.84 Å². The molecule has 0 saturated heterocycles. The monoisotopic (exact) mass is 320 g/mol. The maximum Gasteiger partial charge on any atom is 0.461 e. The third kappa shape index (κ3) is 4.32. The molecule has 10 heteroatoms. The molecule has 0 aliphatic heterocycles. The molecule has 0 atom stereocenters. The highest BCUT2D eigenvalue weighted by Gasteiger charge is 2.44. The molecule has 0 saturated carbocycles. The van der Waals surface area contributed by atoms with Crippen molar-refractivity contribution < 1.29 is 27.1 Å². The first-order valence-electron chi connectivity index (χ1n) is 4.58. The minimum Gasteiger partial charge on any atom is -0.427 e. The Morgan fingerprint density at radius 3 is 2.47 bits per heavy atom. The van der Waals surface area contributed by atoms with Crippen molar-refractivity contribution >= 4 is 35.1 Å². The van der Waals surface area contributed by atoms with E-state index in [9.17, 15) is 22.4 Å². The SMILES string of the molecule is O=C(NCl)Nc1ccc(OC(F)(F)C(F)F)c(Cl)c1. The summed E-state index contributed by atoms with van der Waals surface area (Å²) in [6.07, 6.45) is -8.66. The van der Waals surface area contributed by atoms with Gasteiger partial charge in [0.15, 0.2) is 0 Å². The van der Waals surface area contributed by atoms with Crippen molar-refractivity contribution in [3.05, 3.63) is 23.2 Å². The second kappa shape index (κ2) is 6.16. The van der Waals surface area contributed by atoms with E-state index in [0.29, 0.717) is 0 Å². The lowest BCUT2D eigenvalue weighted by atomic mass is 10.3. The van der Waals surface area contributed by atoms with Crippen LogP contribution in [0.2, 0.25) is 5.02 Å². The predicted molar refractivity (Wildman–Crippen MR) is 61.0 cm³/mol. The van der Waals surface area contributed by atoms with Gasteiger partial charge in [0.2, 0.25) is 0 Å². The first-order chi connectivity index (χ1) is 8.76. The van der Waals surface area contributed by atoms with Crippen LogP contribution in [0.5, 0.6) is 5.75 Å². The van der Waals surface area contributed by atoms with Crippen LogP contribution in [-0.2, 0) is 0 Å². The van der Waals surface area contributed by atoms with Crippen LogP contribution in [0.15, 0.2) is 18.2 Å². The normalized spacial score (nSPS) is 11.3. The summed E-state index contributed by atoms with van der Waals surface area (Å²) in [5.41, 5.74) is 0.107. The number of anilines is 1. The van der Waals surface area contributed by atoms with Gasteiger partial charge in [-0.15, -0.1) is 0 Å². The molecule has 0 aromatic heterocycles. The van der Waals surface area contributed by atoms with E-state index in [-0.39, 0.29) is 10.7 Å². The summed E-state index contributed by atoms with van der Waals surface area (Å²) in [5.74, 6) is -0.649. The highest BCUT2D eigenvalue weighted by Crippen LogP contribution is 2.34. The summed E-state index contributed by atoms with van der Waals surface area (Å²) in [5, 5.41) is 1.81. The molecule has 1 rings (SSSR count). The van der Waals surface area contributed by atoms with Crippen LogP contribution in [0.3, 0.4) is 0 Å². The summed E-state index contributed by atoms with van der Waals surface area (Å²) in [6, 6.07) is 2.27. The maximum absolute atomic E-state index is 12.6. The van der Waals surface area contributed by atoms with Crippen molar-refractivity contribution in [3.8, 4) is 5.75 Å². The van der Waals surface area contributed by atoms with Crippen molar-refractivity contribution in [2.24, 2.45) is 0 Å². The number of ether oxygens (including phenoxy) is 1. The number of carbonyl (C=O) groups excluding carboxylic acids is 1. The topological polar surface area (TPSA) is 50.4 Å². The van der Waals surface area contributed by atoms with E-state index < -0.39 is 24.3 Å². The van der Waals surface area contributed by atoms with Crippen molar-refractivity contribution in [2.75, 3.05) is 5.32 Å². The summed E-state index contributed by atoms with van der Waals surface area (Å²) in [6.45, 7) is 0. The van der Waals surface area contributed by atoms with Crippen LogP contribution in [0.1, 0.15) is 0 Å². The molecule has 0 aliphatic carbocycles. The Morgan fingerprint density at radius 2 is 2.00 bits per heavy atom. The molecule has 0 fully saturated rings. The molecule has 19 heavy (non-hydrogen) atoms. The standard InChI is InChI=1S/C9H6Cl2F4N2O2/c10-5-3-4(16-8(18)17-11)1-2-6(5)19-9(14,15)7(12)13/h1-3,7H,(H2,16,17,18). The van der Waals surface area contributed by atoms with E-state index in [0.717, 1.165) is 18.2 Å². The molecule has 1 aromatic carbocycles. The Balaban J connectivity index is 2.86. The molecule has 0 heterocycles. The highest BCUT2D eigenvalue weighted by atomic mass is 35.5. The van der Waals surface area contributed by atoms with Gasteiger partial charge >= 0.3 is 18.6 Å². The van der Waals surface area contributed by atoms with Crippen LogP contribution in [0.4, 0.5) is 28.0 Å². The lowest BCUT2D eigenvalue weighted by Crippen LogP contribution is -2.33. The molecular weight excluding hydrogens is 315 g/mol. The van der Waals surface area contributed by atoms with Gasteiger partial charge in [0, 0.05) is 17.5 Å². The number of amides is 2. The summed E-state index contributed by atoms with van der Waals surface area (Å²) >= 11 is 10.6. The first kappa shape index (κ1) is 15.6. The summed E-state index contributed by atoms with van der Waals surface area (Å²) < 4.78 is 53.0. The van der Waals surface area contributed by atoms with Gasteiger partial charge in [-0.2, -0.15) is 17.6 Å². The quantitative estimate of drug-likeness (QED) is 0.654. The summed E-state index contributed by atoms with van der Waals surface area (Å²) in [4.78, 5) is 12.6. The number of alkyl halides is 4. The fraction of sp³-hybridized carbons (Fsp3) is 0.222. The fourth-order valence-electron chi connectivity index (χ4n) is 1.01. The Labute approximate surface area is 114 Å². The average Bonchev–Trinajstić information content (AvgIpc) is 2.32. The van der Waals surface area contributed by atoms with Crippen LogP contribution >= 0.6 is 23.4 Å². The van der Waals surface area contributed by atoms with Crippen molar-refractivity contribution in [1.29, 1.82) is 0 Å². The lowest BCUT2D eigenvalue weighted by Gasteiger charge is -2.18.